The van der Waals surface area contributed by atoms with Gasteiger partial charge in [-0.2, -0.15) is 4.99 Å². The predicted octanol–water partition coefficient (Wildman–Crippen LogP) is 4.82. The third-order valence-electron chi connectivity index (χ3n) is 6.20. The molecule has 5 rings (SSSR count). The SMILES string of the molecule is COc1ccccc1CNC(=O)CCC1C(=O)N=C2c3ccccc3N=C(SCc3ccc(F)cc3)N21. The number of aliphatic imine (C=N–C) groups is 2. The van der Waals surface area contributed by atoms with E-state index in [0.29, 0.717) is 35.5 Å². The van der Waals surface area contributed by atoms with Crippen molar-refractivity contribution in [3.63, 3.8) is 0 Å². The molecular formula is C28H25FN4O3S. The van der Waals surface area contributed by atoms with Gasteiger partial charge in [0.1, 0.15) is 23.4 Å². The molecule has 1 unspecified atom stereocenters. The molecule has 3 aromatic carbocycles. The van der Waals surface area contributed by atoms with E-state index in [2.05, 4.69) is 10.3 Å². The molecular weight excluding hydrogens is 491 g/mol. The van der Waals surface area contributed by atoms with E-state index in [4.69, 9.17) is 9.73 Å². The lowest BCUT2D eigenvalue weighted by atomic mass is 10.1. The van der Waals surface area contributed by atoms with Crippen molar-refractivity contribution in [1.82, 2.24) is 10.2 Å². The standard InChI is InChI=1S/C28H25FN4O3S/c1-36-24-9-5-2-6-19(24)16-30-25(34)15-14-23-27(35)32-26-21-7-3-4-8-22(21)31-28(33(23)26)37-17-18-10-12-20(29)13-11-18/h2-13,23H,14-17H2,1H3,(H,30,34). The Bertz CT molecular complexity index is 1390. The van der Waals surface area contributed by atoms with Crippen molar-refractivity contribution in [2.45, 2.75) is 31.2 Å². The summed E-state index contributed by atoms with van der Waals surface area (Å²) in [5.74, 6) is 1.06. The van der Waals surface area contributed by atoms with Crippen LogP contribution < -0.4 is 10.1 Å². The van der Waals surface area contributed by atoms with Crippen LogP contribution >= 0.6 is 11.8 Å². The lowest BCUT2D eigenvalue weighted by Gasteiger charge is -2.31. The van der Waals surface area contributed by atoms with E-state index >= 15 is 0 Å². The number of para-hydroxylation sites is 2. The summed E-state index contributed by atoms with van der Waals surface area (Å²) in [7, 11) is 1.59. The summed E-state index contributed by atoms with van der Waals surface area (Å²) in [5, 5.41) is 3.54. The summed E-state index contributed by atoms with van der Waals surface area (Å²) in [6.45, 7) is 0.334. The first-order chi connectivity index (χ1) is 18.0. The molecule has 0 spiro atoms. The van der Waals surface area contributed by atoms with Crippen LogP contribution in [0.3, 0.4) is 0 Å². The molecule has 2 heterocycles. The molecule has 9 heteroatoms. The first kappa shape index (κ1) is 24.7. The fraction of sp³-hybridized carbons (Fsp3) is 0.214. The molecule has 0 radical (unpaired) electrons. The molecule has 0 aliphatic carbocycles. The molecule has 0 bridgehead atoms. The summed E-state index contributed by atoms with van der Waals surface area (Å²) in [6, 6.07) is 20.7. The van der Waals surface area contributed by atoms with E-state index in [1.807, 2.05) is 53.4 Å². The normalized spacial score (nSPS) is 16.0. The van der Waals surface area contributed by atoms with Crippen LogP contribution in [0.15, 0.2) is 82.8 Å². The molecule has 3 aromatic rings. The Hall–Kier alpha value is -3.98. The molecule has 1 N–H and O–H groups in total. The number of carbonyl (C=O) groups is 2. The molecule has 2 amide bonds. The smallest absolute Gasteiger partial charge is 0.270 e. The number of halogens is 1. The number of methoxy groups -OCH3 is 1. The summed E-state index contributed by atoms with van der Waals surface area (Å²) >= 11 is 1.45. The minimum atomic E-state index is -0.625. The summed E-state index contributed by atoms with van der Waals surface area (Å²) in [4.78, 5) is 36.7. The van der Waals surface area contributed by atoms with Gasteiger partial charge in [0.25, 0.3) is 5.91 Å². The minimum Gasteiger partial charge on any atom is -0.496 e. The maximum absolute atomic E-state index is 13.3. The van der Waals surface area contributed by atoms with Crippen molar-refractivity contribution < 1.29 is 18.7 Å². The number of thioether (sulfide) groups is 1. The number of fused-ring (bicyclic) bond motifs is 3. The molecule has 2 aliphatic heterocycles. The number of amides is 2. The highest BCUT2D eigenvalue weighted by atomic mass is 32.2. The van der Waals surface area contributed by atoms with E-state index in [1.165, 1.54) is 23.9 Å². The lowest BCUT2D eigenvalue weighted by molar-refractivity contribution is -0.122. The second-order valence-electron chi connectivity index (χ2n) is 8.61. The van der Waals surface area contributed by atoms with Gasteiger partial charge in [-0.05, 0) is 42.3 Å². The fourth-order valence-corrected chi connectivity index (χ4v) is 5.31. The highest BCUT2D eigenvalue weighted by Gasteiger charge is 2.41. The van der Waals surface area contributed by atoms with Crippen LogP contribution in [0.1, 0.15) is 29.5 Å². The summed E-state index contributed by atoms with van der Waals surface area (Å²) in [6.07, 6.45) is 0.449. The second-order valence-corrected chi connectivity index (χ2v) is 9.56. The van der Waals surface area contributed by atoms with Crippen molar-refractivity contribution >= 4 is 40.3 Å². The Balaban J connectivity index is 1.29. The van der Waals surface area contributed by atoms with Crippen molar-refractivity contribution in [2.24, 2.45) is 9.98 Å². The number of nitrogens with zero attached hydrogens (tertiary/aromatic N) is 3. The van der Waals surface area contributed by atoms with Crippen LogP contribution in [-0.2, 0) is 21.9 Å². The van der Waals surface area contributed by atoms with Gasteiger partial charge in [0, 0.05) is 29.8 Å². The van der Waals surface area contributed by atoms with E-state index in [-0.39, 0.29) is 24.1 Å². The Kier molecular flexibility index (Phi) is 7.32. The van der Waals surface area contributed by atoms with Gasteiger partial charge < -0.3 is 10.1 Å². The molecule has 2 aliphatic rings. The number of hydrogen-bond acceptors (Lipinski definition) is 6. The van der Waals surface area contributed by atoms with Crippen LogP contribution in [-0.4, -0.2) is 40.9 Å². The number of hydrogen-bond donors (Lipinski definition) is 1. The van der Waals surface area contributed by atoms with E-state index < -0.39 is 6.04 Å². The highest BCUT2D eigenvalue weighted by Crippen LogP contribution is 2.36. The van der Waals surface area contributed by atoms with E-state index in [1.54, 1.807) is 19.2 Å². The van der Waals surface area contributed by atoms with Crippen LogP contribution in [0.2, 0.25) is 0 Å². The third kappa shape index (κ3) is 5.41. The van der Waals surface area contributed by atoms with Crippen LogP contribution in [0, 0.1) is 5.82 Å². The Morgan fingerprint density at radius 2 is 1.81 bits per heavy atom. The maximum atomic E-state index is 13.3. The highest BCUT2D eigenvalue weighted by molar-refractivity contribution is 8.13. The van der Waals surface area contributed by atoms with Gasteiger partial charge in [0.05, 0.1) is 12.8 Å². The lowest BCUT2D eigenvalue weighted by Crippen LogP contribution is -2.44. The van der Waals surface area contributed by atoms with Crippen molar-refractivity contribution in [3.8, 4) is 5.75 Å². The maximum Gasteiger partial charge on any atom is 0.270 e. The number of benzene rings is 3. The summed E-state index contributed by atoms with van der Waals surface area (Å²) in [5.41, 5.74) is 3.33. The van der Waals surface area contributed by atoms with Gasteiger partial charge in [-0.15, -0.1) is 0 Å². The van der Waals surface area contributed by atoms with Gasteiger partial charge in [-0.3, -0.25) is 14.5 Å². The molecule has 37 heavy (non-hydrogen) atoms. The zero-order valence-electron chi connectivity index (χ0n) is 20.2. The molecule has 188 valence electrons. The van der Waals surface area contributed by atoms with E-state index in [0.717, 1.165) is 22.4 Å². The third-order valence-corrected chi connectivity index (χ3v) is 7.23. The van der Waals surface area contributed by atoms with Crippen molar-refractivity contribution in [1.29, 1.82) is 0 Å². The molecule has 0 fully saturated rings. The minimum absolute atomic E-state index is 0.155. The molecule has 0 saturated carbocycles. The number of ether oxygens (including phenoxy) is 1. The van der Waals surface area contributed by atoms with Crippen molar-refractivity contribution in [2.75, 3.05) is 7.11 Å². The summed E-state index contributed by atoms with van der Waals surface area (Å²) < 4.78 is 18.7. The average molecular weight is 517 g/mol. The average Bonchev–Trinajstić information content (AvgIpc) is 3.26. The second kappa shape index (κ2) is 11.0. The zero-order valence-corrected chi connectivity index (χ0v) is 21.0. The van der Waals surface area contributed by atoms with E-state index in [9.17, 15) is 14.0 Å². The molecule has 7 nitrogen and oxygen atoms in total. The van der Waals surface area contributed by atoms with Crippen molar-refractivity contribution in [3.05, 3.63) is 95.3 Å². The van der Waals surface area contributed by atoms with Gasteiger partial charge >= 0.3 is 0 Å². The number of nitrogens with one attached hydrogen (secondary N) is 1. The number of rotatable bonds is 8. The Morgan fingerprint density at radius 1 is 1.05 bits per heavy atom. The number of amidine groups is 2. The van der Waals surface area contributed by atoms with Crippen LogP contribution in [0.5, 0.6) is 5.75 Å². The first-order valence-corrected chi connectivity index (χ1v) is 12.9. The number of carbonyl (C=O) groups excluding carboxylic acids is 2. The molecule has 0 aromatic heterocycles. The monoisotopic (exact) mass is 516 g/mol. The largest absolute Gasteiger partial charge is 0.496 e. The van der Waals surface area contributed by atoms with Gasteiger partial charge in [-0.25, -0.2) is 9.38 Å². The van der Waals surface area contributed by atoms with Gasteiger partial charge in [0.15, 0.2) is 5.17 Å². The quantitative estimate of drug-likeness (QED) is 0.464. The first-order valence-electron chi connectivity index (χ1n) is 11.9. The Morgan fingerprint density at radius 3 is 2.62 bits per heavy atom. The molecule has 0 saturated heterocycles. The zero-order chi connectivity index (χ0) is 25.8. The van der Waals surface area contributed by atoms with Gasteiger partial charge in [0.2, 0.25) is 5.91 Å². The molecule has 1 atom stereocenters. The topological polar surface area (TPSA) is 83.4 Å². The Labute approximate surface area is 218 Å². The van der Waals surface area contributed by atoms with Crippen LogP contribution in [0.25, 0.3) is 0 Å². The fourth-order valence-electron chi connectivity index (χ4n) is 4.30. The van der Waals surface area contributed by atoms with Gasteiger partial charge in [-0.1, -0.05) is 54.2 Å². The van der Waals surface area contributed by atoms with Crippen LogP contribution in [0.4, 0.5) is 10.1 Å². The predicted molar refractivity (Wildman–Crippen MR) is 142 cm³/mol.